The van der Waals surface area contributed by atoms with Crippen molar-refractivity contribution in [3.63, 3.8) is 0 Å². The summed E-state index contributed by atoms with van der Waals surface area (Å²) < 4.78 is 29.5. The van der Waals surface area contributed by atoms with E-state index >= 15 is 0 Å². The van der Waals surface area contributed by atoms with E-state index in [1.165, 1.54) is 16.4 Å². The van der Waals surface area contributed by atoms with Crippen molar-refractivity contribution in [2.24, 2.45) is 7.05 Å². The minimum Gasteiger partial charge on any atom is -0.345 e. The van der Waals surface area contributed by atoms with Crippen molar-refractivity contribution in [3.8, 4) is 0 Å². The Labute approximate surface area is 169 Å². The summed E-state index contributed by atoms with van der Waals surface area (Å²) in [5.41, 5.74) is 1.97. The van der Waals surface area contributed by atoms with Gasteiger partial charge in [0.25, 0.3) is 15.9 Å². The Morgan fingerprint density at radius 1 is 1.14 bits per heavy atom. The molecule has 2 aromatic carbocycles. The number of nitrogens with one attached hydrogen (secondary N) is 1. The molecule has 1 amide bonds. The van der Waals surface area contributed by atoms with Gasteiger partial charge in [-0.15, -0.1) is 10.2 Å². The molecule has 0 spiro atoms. The molecule has 3 aromatic rings. The third-order valence-corrected chi connectivity index (χ3v) is 6.93. The number of carbonyl (C=O) groups excluding carboxylic acids is 1. The van der Waals surface area contributed by atoms with Gasteiger partial charge in [-0.1, -0.05) is 24.3 Å². The largest absolute Gasteiger partial charge is 0.345 e. The second-order valence-electron chi connectivity index (χ2n) is 6.89. The molecule has 29 heavy (non-hydrogen) atoms. The van der Waals surface area contributed by atoms with Crippen molar-refractivity contribution in [1.82, 2.24) is 20.1 Å². The van der Waals surface area contributed by atoms with Crippen LogP contribution >= 0.6 is 0 Å². The molecule has 0 aliphatic carbocycles. The number of carbonyl (C=O) groups is 1. The standard InChI is InChI=1S/C20H21N5O3S/c1-14-22-23-19(24(14)2)13-21-20(26)16-7-5-8-17(12-16)29(27,28)25-11-10-15-6-3-4-9-18(15)25/h3-9,12H,10-11,13H2,1-2H3,(H,21,26). The van der Waals surface area contributed by atoms with Crippen molar-refractivity contribution in [1.29, 1.82) is 0 Å². The monoisotopic (exact) mass is 411 g/mol. The maximum Gasteiger partial charge on any atom is 0.264 e. The maximum absolute atomic E-state index is 13.2. The van der Waals surface area contributed by atoms with E-state index in [1.54, 1.807) is 22.8 Å². The molecule has 9 heteroatoms. The zero-order chi connectivity index (χ0) is 20.6. The van der Waals surface area contributed by atoms with E-state index in [1.807, 2.05) is 32.2 Å². The minimum atomic E-state index is -3.75. The van der Waals surface area contributed by atoms with E-state index in [0.29, 0.717) is 24.5 Å². The van der Waals surface area contributed by atoms with Gasteiger partial charge in [-0.05, 0) is 43.2 Å². The molecule has 0 saturated heterocycles. The van der Waals surface area contributed by atoms with Gasteiger partial charge in [-0.2, -0.15) is 0 Å². The number of benzene rings is 2. The fourth-order valence-electron chi connectivity index (χ4n) is 3.35. The lowest BCUT2D eigenvalue weighted by Crippen LogP contribution is -2.29. The Morgan fingerprint density at radius 2 is 1.93 bits per heavy atom. The first-order chi connectivity index (χ1) is 13.9. The summed E-state index contributed by atoms with van der Waals surface area (Å²) in [6.07, 6.45) is 0.673. The molecule has 1 aliphatic rings. The van der Waals surface area contributed by atoms with Crippen LogP contribution in [-0.4, -0.2) is 35.6 Å². The number of hydrogen-bond donors (Lipinski definition) is 1. The third kappa shape index (κ3) is 3.49. The molecule has 0 atom stereocenters. The number of amides is 1. The van der Waals surface area contributed by atoms with Crippen LogP contribution < -0.4 is 9.62 Å². The highest BCUT2D eigenvalue weighted by Crippen LogP contribution is 2.32. The zero-order valence-electron chi connectivity index (χ0n) is 16.2. The Bertz CT molecular complexity index is 1190. The first-order valence-corrected chi connectivity index (χ1v) is 10.7. The smallest absolute Gasteiger partial charge is 0.264 e. The lowest BCUT2D eigenvalue weighted by Gasteiger charge is -2.20. The van der Waals surface area contributed by atoms with E-state index < -0.39 is 10.0 Å². The summed E-state index contributed by atoms with van der Waals surface area (Å²) in [6.45, 7) is 2.42. The molecule has 1 aromatic heterocycles. The average molecular weight is 411 g/mol. The summed E-state index contributed by atoms with van der Waals surface area (Å²) in [4.78, 5) is 12.7. The van der Waals surface area contributed by atoms with Crippen molar-refractivity contribution < 1.29 is 13.2 Å². The molecular formula is C20H21N5O3S. The first kappa shape index (κ1) is 19.1. The fourth-order valence-corrected chi connectivity index (χ4v) is 4.90. The van der Waals surface area contributed by atoms with Gasteiger partial charge < -0.3 is 9.88 Å². The average Bonchev–Trinajstić information content (AvgIpc) is 3.30. The van der Waals surface area contributed by atoms with Crippen LogP contribution in [0.1, 0.15) is 27.6 Å². The number of hydrogen-bond acceptors (Lipinski definition) is 5. The molecule has 4 rings (SSSR count). The van der Waals surface area contributed by atoms with Crippen LogP contribution in [0.4, 0.5) is 5.69 Å². The summed E-state index contributed by atoms with van der Waals surface area (Å²) in [7, 11) is -1.93. The van der Waals surface area contributed by atoms with Crippen LogP contribution in [0.15, 0.2) is 53.4 Å². The second-order valence-corrected chi connectivity index (χ2v) is 8.75. The molecule has 0 fully saturated rings. The number of anilines is 1. The van der Waals surface area contributed by atoms with Crippen LogP contribution in [0.5, 0.6) is 0 Å². The lowest BCUT2D eigenvalue weighted by atomic mass is 10.2. The Kier molecular flexibility index (Phi) is 4.83. The number of aromatic nitrogens is 3. The van der Waals surface area contributed by atoms with Gasteiger partial charge in [0.1, 0.15) is 5.82 Å². The van der Waals surface area contributed by atoms with Crippen molar-refractivity contribution >= 4 is 21.6 Å². The topological polar surface area (TPSA) is 97.2 Å². The predicted molar refractivity (Wildman–Crippen MR) is 108 cm³/mol. The molecule has 8 nitrogen and oxygen atoms in total. The maximum atomic E-state index is 13.2. The molecule has 0 radical (unpaired) electrons. The first-order valence-electron chi connectivity index (χ1n) is 9.22. The van der Waals surface area contributed by atoms with E-state index in [9.17, 15) is 13.2 Å². The summed E-state index contributed by atoms with van der Waals surface area (Å²) in [5.74, 6) is 0.992. The summed E-state index contributed by atoms with van der Waals surface area (Å²) in [5, 5.41) is 10.7. The van der Waals surface area contributed by atoms with E-state index in [0.717, 1.165) is 11.4 Å². The number of aryl methyl sites for hydroxylation is 1. The number of fused-ring (bicyclic) bond motifs is 1. The molecule has 150 valence electrons. The van der Waals surface area contributed by atoms with E-state index in [4.69, 9.17) is 0 Å². The summed E-state index contributed by atoms with van der Waals surface area (Å²) in [6, 6.07) is 13.6. The van der Waals surface area contributed by atoms with Gasteiger partial charge in [-0.3, -0.25) is 9.10 Å². The summed E-state index contributed by atoms with van der Waals surface area (Å²) >= 11 is 0. The van der Waals surface area contributed by atoms with Gasteiger partial charge in [-0.25, -0.2) is 8.42 Å². The van der Waals surface area contributed by atoms with Crippen LogP contribution in [0.3, 0.4) is 0 Å². The SMILES string of the molecule is Cc1nnc(CNC(=O)c2cccc(S(=O)(=O)N3CCc4ccccc43)c2)n1C. The van der Waals surface area contributed by atoms with Gasteiger partial charge in [0, 0.05) is 19.2 Å². The van der Waals surface area contributed by atoms with Gasteiger partial charge in [0.2, 0.25) is 0 Å². The molecule has 0 unspecified atom stereocenters. The highest BCUT2D eigenvalue weighted by atomic mass is 32.2. The van der Waals surface area contributed by atoms with Crippen LogP contribution in [0.2, 0.25) is 0 Å². The van der Waals surface area contributed by atoms with E-state index in [2.05, 4.69) is 15.5 Å². The van der Waals surface area contributed by atoms with Gasteiger partial charge >= 0.3 is 0 Å². The molecular weight excluding hydrogens is 390 g/mol. The minimum absolute atomic E-state index is 0.0938. The second kappa shape index (κ2) is 7.32. The number of nitrogens with zero attached hydrogens (tertiary/aromatic N) is 4. The highest BCUT2D eigenvalue weighted by molar-refractivity contribution is 7.92. The highest BCUT2D eigenvalue weighted by Gasteiger charge is 2.30. The van der Waals surface area contributed by atoms with Crippen LogP contribution in [0.25, 0.3) is 0 Å². The predicted octanol–water partition coefficient (Wildman–Crippen LogP) is 1.80. The van der Waals surface area contributed by atoms with Crippen LogP contribution in [-0.2, 0) is 30.0 Å². The van der Waals surface area contributed by atoms with Crippen molar-refractivity contribution in [2.45, 2.75) is 24.8 Å². The molecule has 0 saturated carbocycles. The zero-order valence-corrected chi connectivity index (χ0v) is 17.0. The quantitative estimate of drug-likeness (QED) is 0.691. The molecule has 1 N–H and O–H groups in total. The number of rotatable bonds is 5. The number of sulfonamides is 1. The van der Waals surface area contributed by atoms with Crippen molar-refractivity contribution in [2.75, 3.05) is 10.8 Å². The molecule has 2 heterocycles. The Morgan fingerprint density at radius 3 is 2.69 bits per heavy atom. The normalized spacial score (nSPS) is 13.4. The van der Waals surface area contributed by atoms with Gasteiger partial charge in [0.05, 0.1) is 17.1 Å². The lowest BCUT2D eigenvalue weighted by molar-refractivity contribution is 0.0949. The van der Waals surface area contributed by atoms with E-state index in [-0.39, 0.29) is 22.9 Å². The van der Waals surface area contributed by atoms with Crippen LogP contribution in [0, 0.1) is 6.92 Å². The van der Waals surface area contributed by atoms with Crippen molar-refractivity contribution in [3.05, 3.63) is 71.3 Å². The Hall–Kier alpha value is -3.20. The van der Waals surface area contributed by atoms with Gasteiger partial charge in [0.15, 0.2) is 5.82 Å². The fraction of sp³-hybridized carbons (Fsp3) is 0.250. The number of para-hydroxylation sites is 1. The third-order valence-electron chi connectivity index (χ3n) is 5.12. The molecule has 0 bridgehead atoms. The Balaban J connectivity index is 1.55. The molecule has 1 aliphatic heterocycles.